The van der Waals surface area contributed by atoms with E-state index >= 15 is 0 Å². The van der Waals surface area contributed by atoms with E-state index in [1.165, 1.54) is 22.5 Å². The maximum Gasteiger partial charge on any atom is 0.245 e. The number of nitrogens with one attached hydrogen (secondary N) is 1. The number of halogens is 1. The summed E-state index contributed by atoms with van der Waals surface area (Å²) in [7, 11) is -3.91. The molecule has 4 rings (SSSR count). The van der Waals surface area contributed by atoms with Gasteiger partial charge in [0.15, 0.2) is 0 Å². The van der Waals surface area contributed by atoms with Gasteiger partial charge in [-0.2, -0.15) is 4.31 Å². The highest BCUT2D eigenvalue weighted by Gasteiger charge is 2.33. The normalized spacial score (nSPS) is 19.3. The van der Waals surface area contributed by atoms with Crippen molar-refractivity contribution in [2.75, 3.05) is 44.3 Å². The van der Waals surface area contributed by atoms with Gasteiger partial charge in [0.1, 0.15) is 10.7 Å². The molecular formula is C24H30FN3O4S. The highest BCUT2D eigenvalue weighted by molar-refractivity contribution is 7.89. The van der Waals surface area contributed by atoms with E-state index in [1.54, 1.807) is 0 Å². The molecule has 0 aliphatic carbocycles. The smallest absolute Gasteiger partial charge is 0.245 e. The molecular weight excluding hydrogens is 445 g/mol. The lowest BCUT2D eigenvalue weighted by molar-refractivity contribution is -0.126. The molecule has 0 aromatic heterocycles. The molecule has 2 aromatic rings. The van der Waals surface area contributed by atoms with Crippen LogP contribution in [0.5, 0.6) is 0 Å². The molecule has 2 heterocycles. The van der Waals surface area contributed by atoms with Crippen molar-refractivity contribution in [3.05, 3.63) is 59.9 Å². The summed E-state index contributed by atoms with van der Waals surface area (Å²) in [4.78, 5) is 14.8. The van der Waals surface area contributed by atoms with Crippen molar-refractivity contribution in [3.8, 4) is 0 Å². The molecule has 1 atom stereocenters. The zero-order valence-corrected chi connectivity index (χ0v) is 19.6. The van der Waals surface area contributed by atoms with Crippen molar-refractivity contribution < 1.29 is 22.3 Å². The lowest BCUT2D eigenvalue weighted by Crippen LogP contribution is -2.43. The number of piperidine rings is 1. The van der Waals surface area contributed by atoms with Crippen LogP contribution < -0.4 is 10.2 Å². The van der Waals surface area contributed by atoms with E-state index in [0.29, 0.717) is 12.8 Å². The first kappa shape index (κ1) is 23.7. The van der Waals surface area contributed by atoms with Gasteiger partial charge in [0, 0.05) is 37.8 Å². The number of anilines is 1. The van der Waals surface area contributed by atoms with E-state index in [4.69, 9.17) is 4.74 Å². The summed E-state index contributed by atoms with van der Waals surface area (Å²) in [6.07, 6.45) is 0.810. The summed E-state index contributed by atoms with van der Waals surface area (Å²) >= 11 is 0. The summed E-state index contributed by atoms with van der Waals surface area (Å²) in [5, 5.41) is 3.06. The fourth-order valence-corrected chi connectivity index (χ4v) is 5.90. The van der Waals surface area contributed by atoms with Crippen molar-refractivity contribution in [1.29, 1.82) is 0 Å². The van der Waals surface area contributed by atoms with E-state index in [1.807, 2.05) is 19.1 Å². The number of nitrogens with zero attached hydrogens (tertiary/aromatic N) is 2. The number of carbonyl (C=O) groups is 1. The van der Waals surface area contributed by atoms with Gasteiger partial charge in [-0.15, -0.1) is 0 Å². The first-order chi connectivity index (χ1) is 15.9. The molecule has 9 heteroatoms. The molecule has 2 aliphatic heterocycles. The Labute approximate surface area is 194 Å². The SMILES string of the molecule is CC(NC(=O)C1CCN(S(=O)(=O)c2ccccc2F)CC1)c1ccc(N2CCOCC2)cc1. The van der Waals surface area contributed by atoms with Crippen LogP contribution in [0.1, 0.15) is 31.4 Å². The number of amides is 1. The molecule has 178 valence electrons. The molecule has 2 aliphatic rings. The standard InChI is InChI=1S/C24H30FN3O4S/c1-18(19-6-8-21(9-7-19)27-14-16-32-17-15-27)26-24(29)20-10-12-28(13-11-20)33(30,31)23-5-3-2-4-22(23)25/h2-9,18,20H,10-17H2,1H3,(H,26,29). The number of benzene rings is 2. The minimum absolute atomic E-state index is 0.0808. The Kier molecular flexibility index (Phi) is 7.31. The molecule has 0 saturated carbocycles. The van der Waals surface area contributed by atoms with Gasteiger partial charge in [-0.25, -0.2) is 12.8 Å². The maximum absolute atomic E-state index is 14.0. The van der Waals surface area contributed by atoms with E-state index in [0.717, 1.165) is 43.6 Å². The topological polar surface area (TPSA) is 79.0 Å². The molecule has 0 spiro atoms. The Hall–Kier alpha value is -2.49. The van der Waals surface area contributed by atoms with Crippen LogP contribution in [0.4, 0.5) is 10.1 Å². The summed E-state index contributed by atoms with van der Waals surface area (Å²) in [6, 6.07) is 13.4. The van der Waals surface area contributed by atoms with Crippen LogP contribution in [0.25, 0.3) is 0 Å². The molecule has 0 bridgehead atoms. The number of sulfonamides is 1. The maximum atomic E-state index is 14.0. The second-order valence-corrected chi connectivity index (χ2v) is 10.4. The van der Waals surface area contributed by atoms with Crippen LogP contribution in [0.3, 0.4) is 0 Å². The van der Waals surface area contributed by atoms with Crippen LogP contribution in [0.2, 0.25) is 0 Å². The molecule has 2 saturated heterocycles. The summed E-state index contributed by atoms with van der Waals surface area (Å²) in [5.41, 5.74) is 2.16. The average molecular weight is 476 g/mol. The number of hydrogen-bond donors (Lipinski definition) is 1. The highest BCUT2D eigenvalue weighted by atomic mass is 32.2. The lowest BCUT2D eigenvalue weighted by Gasteiger charge is -2.31. The van der Waals surface area contributed by atoms with Gasteiger partial charge >= 0.3 is 0 Å². The Bertz CT molecular complexity index is 1060. The van der Waals surface area contributed by atoms with Crippen molar-refractivity contribution >= 4 is 21.6 Å². The van der Waals surface area contributed by atoms with Crippen molar-refractivity contribution in [1.82, 2.24) is 9.62 Å². The van der Waals surface area contributed by atoms with Crippen molar-refractivity contribution in [2.45, 2.75) is 30.7 Å². The van der Waals surface area contributed by atoms with Gasteiger partial charge in [0.2, 0.25) is 15.9 Å². The number of rotatable bonds is 6. The number of ether oxygens (including phenoxy) is 1. The van der Waals surface area contributed by atoms with E-state index in [-0.39, 0.29) is 35.9 Å². The minimum Gasteiger partial charge on any atom is -0.378 e. The summed E-state index contributed by atoms with van der Waals surface area (Å²) in [5.74, 6) is -1.11. The number of hydrogen-bond acceptors (Lipinski definition) is 5. The van der Waals surface area contributed by atoms with Crippen LogP contribution in [0, 0.1) is 11.7 Å². The van der Waals surface area contributed by atoms with Crippen molar-refractivity contribution in [3.63, 3.8) is 0 Å². The van der Waals surface area contributed by atoms with Gasteiger partial charge in [-0.05, 0) is 49.6 Å². The third kappa shape index (κ3) is 5.37. The zero-order chi connectivity index (χ0) is 23.4. The van der Waals surface area contributed by atoms with Crippen LogP contribution in [0.15, 0.2) is 53.4 Å². The fraction of sp³-hybridized carbons (Fsp3) is 0.458. The largest absolute Gasteiger partial charge is 0.378 e. The monoisotopic (exact) mass is 475 g/mol. The first-order valence-electron chi connectivity index (χ1n) is 11.3. The molecule has 33 heavy (non-hydrogen) atoms. The minimum atomic E-state index is -3.91. The van der Waals surface area contributed by atoms with Gasteiger partial charge < -0.3 is 15.0 Å². The Morgan fingerprint density at radius 3 is 2.30 bits per heavy atom. The average Bonchev–Trinajstić information content (AvgIpc) is 2.85. The number of carbonyl (C=O) groups excluding carboxylic acids is 1. The van der Waals surface area contributed by atoms with Gasteiger partial charge in [0.25, 0.3) is 0 Å². The molecule has 1 unspecified atom stereocenters. The zero-order valence-electron chi connectivity index (χ0n) is 18.7. The van der Waals surface area contributed by atoms with Crippen LogP contribution in [-0.4, -0.2) is 58.0 Å². The Balaban J connectivity index is 1.31. The molecule has 1 N–H and O–H groups in total. The molecule has 2 fully saturated rings. The molecule has 7 nitrogen and oxygen atoms in total. The molecule has 1 amide bonds. The highest BCUT2D eigenvalue weighted by Crippen LogP contribution is 2.26. The predicted molar refractivity (Wildman–Crippen MR) is 124 cm³/mol. The van der Waals surface area contributed by atoms with E-state index in [9.17, 15) is 17.6 Å². The third-order valence-electron chi connectivity index (χ3n) is 6.41. The van der Waals surface area contributed by atoms with Crippen LogP contribution in [-0.2, 0) is 19.6 Å². The van der Waals surface area contributed by atoms with Crippen molar-refractivity contribution in [2.24, 2.45) is 5.92 Å². The predicted octanol–water partition coefficient (Wildman–Crippen LogP) is 2.94. The second-order valence-electron chi connectivity index (χ2n) is 8.53. The van der Waals surface area contributed by atoms with Gasteiger partial charge in [-0.1, -0.05) is 24.3 Å². The lowest BCUT2D eigenvalue weighted by atomic mass is 9.96. The fourth-order valence-electron chi connectivity index (χ4n) is 4.36. The molecule has 0 radical (unpaired) electrons. The number of morpholine rings is 1. The quantitative estimate of drug-likeness (QED) is 0.695. The molecule has 2 aromatic carbocycles. The van der Waals surface area contributed by atoms with Gasteiger partial charge in [-0.3, -0.25) is 4.79 Å². The first-order valence-corrected chi connectivity index (χ1v) is 12.8. The van der Waals surface area contributed by atoms with Gasteiger partial charge in [0.05, 0.1) is 19.3 Å². The Morgan fingerprint density at radius 2 is 1.67 bits per heavy atom. The third-order valence-corrected chi connectivity index (χ3v) is 8.34. The van der Waals surface area contributed by atoms with E-state index < -0.39 is 15.8 Å². The summed E-state index contributed by atoms with van der Waals surface area (Å²) < 4.78 is 46.2. The Morgan fingerprint density at radius 1 is 1.03 bits per heavy atom. The second kappa shape index (κ2) is 10.2. The van der Waals surface area contributed by atoms with Crippen LogP contribution >= 0.6 is 0 Å². The van der Waals surface area contributed by atoms with E-state index in [2.05, 4.69) is 22.3 Å². The summed E-state index contributed by atoms with van der Waals surface area (Å²) in [6.45, 7) is 5.53.